The van der Waals surface area contributed by atoms with Crippen LogP contribution in [-0.4, -0.2) is 45.6 Å². The third kappa shape index (κ3) is 6.29. The van der Waals surface area contributed by atoms with Crippen LogP contribution < -0.4 is 19.5 Å². The summed E-state index contributed by atoms with van der Waals surface area (Å²) >= 11 is 1.17. The first-order valence-corrected chi connectivity index (χ1v) is 11.4. The second kappa shape index (κ2) is 11.9. The monoisotopic (exact) mass is 499 g/mol. The van der Waals surface area contributed by atoms with Crippen molar-refractivity contribution in [2.45, 2.75) is 24.7 Å². The predicted octanol–water partition coefficient (Wildman–Crippen LogP) is 4.26. The summed E-state index contributed by atoms with van der Waals surface area (Å²) in [6.07, 6.45) is 1.23. The molecule has 3 rings (SSSR count). The smallest absolute Gasteiger partial charge is 0.271 e. The van der Waals surface area contributed by atoms with Crippen LogP contribution >= 0.6 is 11.8 Å². The van der Waals surface area contributed by atoms with Crippen LogP contribution in [0.4, 0.5) is 11.4 Å². The SMILES string of the molecule is C=CCn1c(SCC(=O)Nc2cc([N+](=O)[O-])ccc2OC)nnc1C(C)Oc1ccccc1OC. The van der Waals surface area contributed by atoms with Gasteiger partial charge in [-0.15, -0.1) is 16.8 Å². The molecule has 0 bridgehead atoms. The number of anilines is 1. The fourth-order valence-electron chi connectivity index (χ4n) is 3.19. The lowest BCUT2D eigenvalue weighted by atomic mass is 10.2. The summed E-state index contributed by atoms with van der Waals surface area (Å²) in [5.41, 5.74) is 0.0486. The number of non-ortho nitro benzene ring substituents is 1. The van der Waals surface area contributed by atoms with Gasteiger partial charge in [-0.3, -0.25) is 19.5 Å². The normalized spacial score (nSPS) is 11.4. The van der Waals surface area contributed by atoms with Crippen LogP contribution in [0.15, 0.2) is 60.3 Å². The van der Waals surface area contributed by atoms with Crippen molar-refractivity contribution in [3.8, 4) is 17.2 Å². The van der Waals surface area contributed by atoms with E-state index in [0.717, 1.165) is 0 Å². The number of methoxy groups -OCH3 is 2. The molecule has 0 fully saturated rings. The first-order chi connectivity index (χ1) is 16.9. The zero-order valence-electron chi connectivity index (χ0n) is 19.5. The third-order valence-electron chi connectivity index (χ3n) is 4.79. The highest BCUT2D eigenvalue weighted by Gasteiger charge is 2.21. The Morgan fingerprint density at radius 3 is 2.57 bits per heavy atom. The number of nitro benzene ring substituents is 1. The van der Waals surface area contributed by atoms with E-state index < -0.39 is 11.0 Å². The van der Waals surface area contributed by atoms with E-state index in [4.69, 9.17) is 14.2 Å². The number of benzene rings is 2. The van der Waals surface area contributed by atoms with E-state index in [1.807, 2.05) is 19.1 Å². The fourth-order valence-corrected chi connectivity index (χ4v) is 3.95. The van der Waals surface area contributed by atoms with Gasteiger partial charge in [0.2, 0.25) is 5.91 Å². The highest BCUT2D eigenvalue weighted by molar-refractivity contribution is 7.99. The number of aromatic nitrogens is 3. The maximum absolute atomic E-state index is 12.6. The molecule has 1 amide bonds. The number of ether oxygens (including phenoxy) is 3. The van der Waals surface area contributed by atoms with E-state index >= 15 is 0 Å². The molecule has 0 aliphatic carbocycles. The number of amides is 1. The number of allylic oxidation sites excluding steroid dienone is 1. The van der Waals surface area contributed by atoms with Gasteiger partial charge in [0.1, 0.15) is 5.75 Å². The molecule has 2 aromatic carbocycles. The minimum absolute atomic E-state index is 0.0110. The molecule has 184 valence electrons. The Morgan fingerprint density at radius 1 is 1.20 bits per heavy atom. The molecule has 0 saturated carbocycles. The van der Waals surface area contributed by atoms with Gasteiger partial charge in [-0.25, -0.2) is 0 Å². The Balaban J connectivity index is 1.72. The maximum atomic E-state index is 12.6. The lowest BCUT2D eigenvalue weighted by Gasteiger charge is -2.17. The van der Waals surface area contributed by atoms with Gasteiger partial charge in [0.25, 0.3) is 5.69 Å². The van der Waals surface area contributed by atoms with E-state index in [9.17, 15) is 14.9 Å². The molecule has 0 aliphatic heterocycles. The fraction of sp³-hybridized carbons (Fsp3) is 0.261. The van der Waals surface area contributed by atoms with Crippen molar-refractivity contribution in [2.24, 2.45) is 0 Å². The molecule has 12 heteroatoms. The van der Waals surface area contributed by atoms with Crippen molar-refractivity contribution in [1.82, 2.24) is 14.8 Å². The quantitative estimate of drug-likeness (QED) is 0.168. The number of hydrogen-bond donors (Lipinski definition) is 1. The molecule has 11 nitrogen and oxygen atoms in total. The summed E-state index contributed by atoms with van der Waals surface area (Å²) in [5.74, 6) is 1.63. The standard InChI is InChI=1S/C23H25N5O6S/c1-5-12-27-22(15(2)34-20-9-7-6-8-19(20)33-4)25-26-23(27)35-14-21(29)24-17-13-16(28(30)31)10-11-18(17)32-3/h5-11,13,15H,1,12,14H2,2-4H3,(H,24,29). The number of nitro groups is 1. The summed E-state index contributed by atoms with van der Waals surface area (Å²) in [6, 6.07) is 11.3. The molecule has 0 aliphatic rings. The molecule has 0 radical (unpaired) electrons. The minimum atomic E-state index is -0.544. The third-order valence-corrected chi connectivity index (χ3v) is 5.76. The van der Waals surface area contributed by atoms with Crippen molar-refractivity contribution in [1.29, 1.82) is 0 Å². The van der Waals surface area contributed by atoms with E-state index in [1.165, 1.54) is 37.1 Å². The minimum Gasteiger partial charge on any atom is -0.495 e. The van der Waals surface area contributed by atoms with Crippen molar-refractivity contribution >= 4 is 29.0 Å². The second-order valence-corrected chi connectivity index (χ2v) is 8.07. The van der Waals surface area contributed by atoms with Gasteiger partial charge < -0.3 is 19.5 Å². The maximum Gasteiger partial charge on any atom is 0.271 e. The molecule has 35 heavy (non-hydrogen) atoms. The number of para-hydroxylation sites is 2. The van der Waals surface area contributed by atoms with Gasteiger partial charge in [-0.05, 0) is 25.1 Å². The van der Waals surface area contributed by atoms with Crippen LogP contribution in [0.1, 0.15) is 18.9 Å². The van der Waals surface area contributed by atoms with Gasteiger partial charge in [-0.2, -0.15) is 0 Å². The summed E-state index contributed by atoms with van der Waals surface area (Å²) in [7, 11) is 2.98. The molecular formula is C23H25N5O6S. The first kappa shape index (κ1) is 25.6. The molecule has 1 N–H and O–H groups in total. The predicted molar refractivity (Wildman–Crippen MR) is 131 cm³/mol. The highest BCUT2D eigenvalue weighted by Crippen LogP contribution is 2.32. The largest absolute Gasteiger partial charge is 0.495 e. The number of carbonyl (C=O) groups excluding carboxylic acids is 1. The van der Waals surface area contributed by atoms with Gasteiger partial charge in [0, 0.05) is 18.7 Å². The Morgan fingerprint density at radius 2 is 1.91 bits per heavy atom. The van der Waals surface area contributed by atoms with E-state index in [-0.39, 0.29) is 23.0 Å². The van der Waals surface area contributed by atoms with Crippen LogP contribution in [-0.2, 0) is 11.3 Å². The number of rotatable bonds is 12. The molecule has 1 heterocycles. The van der Waals surface area contributed by atoms with Gasteiger partial charge in [-0.1, -0.05) is 30.0 Å². The number of thioether (sulfide) groups is 1. The first-order valence-electron chi connectivity index (χ1n) is 10.5. The Bertz CT molecular complexity index is 1210. The summed E-state index contributed by atoms with van der Waals surface area (Å²) in [6.45, 7) is 6.03. The zero-order chi connectivity index (χ0) is 25.4. The van der Waals surface area contributed by atoms with Crippen LogP contribution in [0.2, 0.25) is 0 Å². The molecule has 1 atom stereocenters. The van der Waals surface area contributed by atoms with E-state index in [2.05, 4.69) is 22.1 Å². The van der Waals surface area contributed by atoms with Gasteiger partial charge in [0.15, 0.2) is 28.6 Å². The Kier molecular flexibility index (Phi) is 8.68. The van der Waals surface area contributed by atoms with Gasteiger partial charge in [0.05, 0.1) is 30.6 Å². The van der Waals surface area contributed by atoms with E-state index in [0.29, 0.717) is 34.8 Å². The summed E-state index contributed by atoms with van der Waals surface area (Å²) in [5, 5.41) is 22.7. The summed E-state index contributed by atoms with van der Waals surface area (Å²) < 4.78 is 18.4. The lowest BCUT2D eigenvalue weighted by Crippen LogP contribution is -2.16. The van der Waals surface area contributed by atoms with Crippen LogP contribution in [0, 0.1) is 10.1 Å². The number of hydrogen-bond acceptors (Lipinski definition) is 9. The molecular weight excluding hydrogens is 474 g/mol. The molecule has 1 unspecified atom stereocenters. The van der Waals surface area contributed by atoms with E-state index in [1.54, 1.807) is 29.9 Å². The Hall–Kier alpha value is -4.06. The molecule has 1 aromatic heterocycles. The number of nitrogens with zero attached hydrogens (tertiary/aromatic N) is 4. The van der Waals surface area contributed by atoms with Crippen molar-refractivity contribution in [3.05, 3.63) is 71.1 Å². The average molecular weight is 500 g/mol. The second-order valence-electron chi connectivity index (χ2n) is 7.13. The van der Waals surface area contributed by atoms with Crippen molar-refractivity contribution in [2.75, 3.05) is 25.3 Å². The van der Waals surface area contributed by atoms with Crippen LogP contribution in [0.5, 0.6) is 17.2 Å². The zero-order valence-corrected chi connectivity index (χ0v) is 20.3. The van der Waals surface area contributed by atoms with Crippen molar-refractivity contribution < 1.29 is 23.9 Å². The lowest BCUT2D eigenvalue weighted by molar-refractivity contribution is -0.384. The summed E-state index contributed by atoms with van der Waals surface area (Å²) in [4.78, 5) is 23.1. The molecule has 3 aromatic rings. The van der Waals surface area contributed by atoms with Crippen LogP contribution in [0.25, 0.3) is 0 Å². The van der Waals surface area contributed by atoms with Gasteiger partial charge >= 0.3 is 0 Å². The number of nitrogens with one attached hydrogen (secondary N) is 1. The molecule has 0 saturated heterocycles. The van der Waals surface area contributed by atoms with Crippen LogP contribution in [0.3, 0.4) is 0 Å². The highest BCUT2D eigenvalue weighted by atomic mass is 32.2. The average Bonchev–Trinajstić information content (AvgIpc) is 3.25. The molecule has 0 spiro atoms. The van der Waals surface area contributed by atoms with Crippen molar-refractivity contribution in [3.63, 3.8) is 0 Å². The Labute approximate surface area is 206 Å². The topological polar surface area (TPSA) is 131 Å². The number of carbonyl (C=O) groups is 1.